The second kappa shape index (κ2) is 8.01. The lowest BCUT2D eigenvalue weighted by atomic mass is 9.92. The van der Waals surface area contributed by atoms with E-state index in [2.05, 4.69) is 0 Å². The van der Waals surface area contributed by atoms with Crippen molar-refractivity contribution in [1.29, 1.82) is 0 Å². The standard InChI is InChI=1S/C12H24O4/c1-14-12(15-2)6-4-3-5-7-16-11-8-10(13)9-11/h10-13H,3-9H2,1-2H3. The van der Waals surface area contributed by atoms with Gasteiger partial charge in [0.2, 0.25) is 0 Å². The molecule has 1 aliphatic rings. The molecule has 0 aromatic carbocycles. The zero-order valence-corrected chi connectivity index (χ0v) is 10.4. The van der Waals surface area contributed by atoms with Crippen molar-refractivity contribution in [1.82, 2.24) is 0 Å². The van der Waals surface area contributed by atoms with Crippen LogP contribution in [0.5, 0.6) is 0 Å². The summed E-state index contributed by atoms with van der Waals surface area (Å²) >= 11 is 0. The lowest BCUT2D eigenvalue weighted by molar-refractivity contribution is -0.107. The number of hydrogen-bond donors (Lipinski definition) is 1. The third-order valence-corrected chi connectivity index (χ3v) is 3.03. The molecule has 16 heavy (non-hydrogen) atoms. The molecule has 1 aliphatic carbocycles. The van der Waals surface area contributed by atoms with Crippen molar-refractivity contribution >= 4 is 0 Å². The SMILES string of the molecule is COC(CCCCCOC1CC(O)C1)OC. The van der Waals surface area contributed by atoms with E-state index in [1.54, 1.807) is 14.2 Å². The molecule has 4 nitrogen and oxygen atoms in total. The van der Waals surface area contributed by atoms with E-state index in [1.807, 2.05) is 0 Å². The zero-order chi connectivity index (χ0) is 11.8. The highest BCUT2D eigenvalue weighted by atomic mass is 16.7. The summed E-state index contributed by atoms with van der Waals surface area (Å²) in [6.45, 7) is 0.808. The fraction of sp³-hybridized carbons (Fsp3) is 1.00. The van der Waals surface area contributed by atoms with E-state index in [0.717, 1.165) is 45.1 Å². The molecule has 0 saturated heterocycles. The Morgan fingerprint density at radius 1 is 1.12 bits per heavy atom. The molecule has 0 aromatic heterocycles. The Morgan fingerprint density at radius 3 is 2.38 bits per heavy atom. The van der Waals surface area contributed by atoms with Crippen molar-refractivity contribution < 1.29 is 19.3 Å². The van der Waals surface area contributed by atoms with E-state index in [0.29, 0.717) is 6.10 Å². The Bertz CT molecular complexity index is 164. The van der Waals surface area contributed by atoms with Gasteiger partial charge in [-0.2, -0.15) is 0 Å². The quantitative estimate of drug-likeness (QED) is 0.485. The molecule has 0 atom stereocenters. The van der Waals surface area contributed by atoms with Crippen LogP contribution in [0.2, 0.25) is 0 Å². The average Bonchev–Trinajstić information content (AvgIpc) is 2.25. The highest BCUT2D eigenvalue weighted by Crippen LogP contribution is 2.23. The van der Waals surface area contributed by atoms with Crippen LogP contribution >= 0.6 is 0 Å². The summed E-state index contributed by atoms with van der Waals surface area (Å²) in [4.78, 5) is 0. The maximum Gasteiger partial charge on any atom is 0.156 e. The molecular weight excluding hydrogens is 208 g/mol. The first kappa shape index (κ1) is 13.9. The zero-order valence-electron chi connectivity index (χ0n) is 10.4. The molecule has 0 aliphatic heterocycles. The summed E-state index contributed by atoms with van der Waals surface area (Å²) in [5.74, 6) is 0. The van der Waals surface area contributed by atoms with Crippen LogP contribution in [0.15, 0.2) is 0 Å². The van der Waals surface area contributed by atoms with Crippen molar-refractivity contribution in [2.45, 2.75) is 57.0 Å². The van der Waals surface area contributed by atoms with Crippen molar-refractivity contribution in [2.24, 2.45) is 0 Å². The molecule has 0 bridgehead atoms. The molecular formula is C12H24O4. The van der Waals surface area contributed by atoms with Gasteiger partial charge in [0.25, 0.3) is 0 Å². The maximum atomic E-state index is 9.07. The van der Waals surface area contributed by atoms with Gasteiger partial charge in [-0.25, -0.2) is 0 Å². The molecule has 1 N–H and O–H groups in total. The Hall–Kier alpha value is -0.160. The van der Waals surface area contributed by atoms with E-state index >= 15 is 0 Å². The van der Waals surface area contributed by atoms with Crippen LogP contribution in [-0.4, -0.2) is 44.4 Å². The summed E-state index contributed by atoms with van der Waals surface area (Å²) < 4.78 is 15.8. The van der Waals surface area contributed by atoms with Gasteiger partial charge in [-0.15, -0.1) is 0 Å². The first-order chi connectivity index (χ1) is 7.76. The summed E-state index contributed by atoms with van der Waals surface area (Å²) in [7, 11) is 3.33. The van der Waals surface area contributed by atoms with Crippen molar-refractivity contribution in [3.63, 3.8) is 0 Å². The lowest BCUT2D eigenvalue weighted by Gasteiger charge is -2.31. The molecule has 0 unspecified atom stereocenters. The number of ether oxygens (including phenoxy) is 3. The molecule has 0 aromatic rings. The average molecular weight is 232 g/mol. The minimum atomic E-state index is -0.117. The third kappa shape index (κ3) is 5.25. The molecule has 0 spiro atoms. The Morgan fingerprint density at radius 2 is 1.81 bits per heavy atom. The summed E-state index contributed by atoms with van der Waals surface area (Å²) in [6.07, 6.45) is 6.01. The molecule has 96 valence electrons. The van der Waals surface area contributed by atoms with Crippen LogP contribution < -0.4 is 0 Å². The van der Waals surface area contributed by atoms with Gasteiger partial charge in [-0.05, 0) is 32.1 Å². The molecule has 1 saturated carbocycles. The summed E-state index contributed by atoms with van der Waals surface area (Å²) in [5.41, 5.74) is 0. The smallest absolute Gasteiger partial charge is 0.156 e. The third-order valence-electron chi connectivity index (χ3n) is 3.03. The second-order valence-corrected chi connectivity index (χ2v) is 4.37. The van der Waals surface area contributed by atoms with E-state index < -0.39 is 0 Å². The Balaban J connectivity index is 1.81. The van der Waals surface area contributed by atoms with Gasteiger partial charge in [0.05, 0.1) is 12.2 Å². The molecule has 1 fully saturated rings. The molecule has 0 amide bonds. The molecule has 0 radical (unpaired) electrons. The van der Waals surface area contributed by atoms with Gasteiger partial charge in [0, 0.05) is 20.8 Å². The van der Waals surface area contributed by atoms with Crippen LogP contribution in [0, 0.1) is 0 Å². The number of rotatable bonds is 9. The first-order valence-corrected chi connectivity index (χ1v) is 6.11. The largest absolute Gasteiger partial charge is 0.393 e. The van der Waals surface area contributed by atoms with Crippen LogP contribution in [0.25, 0.3) is 0 Å². The van der Waals surface area contributed by atoms with E-state index in [4.69, 9.17) is 19.3 Å². The molecule has 4 heteroatoms. The van der Waals surface area contributed by atoms with Crippen molar-refractivity contribution in [3.8, 4) is 0 Å². The Labute approximate surface area is 97.9 Å². The molecule has 0 heterocycles. The van der Waals surface area contributed by atoms with Crippen molar-refractivity contribution in [3.05, 3.63) is 0 Å². The van der Waals surface area contributed by atoms with E-state index in [1.165, 1.54) is 0 Å². The minimum Gasteiger partial charge on any atom is -0.393 e. The number of aliphatic hydroxyl groups is 1. The lowest BCUT2D eigenvalue weighted by Crippen LogP contribution is -2.35. The van der Waals surface area contributed by atoms with Gasteiger partial charge in [-0.3, -0.25) is 0 Å². The van der Waals surface area contributed by atoms with Gasteiger partial charge in [0.1, 0.15) is 0 Å². The molecule has 1 rings (SSSR count). The normalized spacial score (nSPS) is 24.8. The second-order valence-electron chi connectivity index (χ2n) is 4.37. The van der Waals surface area contributed by atoms with E-state index in [-0.39, 0.29) is 12.4 Å². The van der Waals surface area contributed by atoms with Crippen LogP contribution in [0.1, 0.15) is 38.5 Å². The number of aliphatic hydroxyl groups excluding tert-OH is 1. The maximum absolute atomic E-state index is 9.07. The van der Waals surface area contributed by atoms with Gasteiger partial charge in [0.15, 0.2) is 6.29 Å². The summed E-state index contributed by atoms with van der Waals surface area (Å²) in [5, 5.41) is 9.07. The summed E-state index contributed by atoms with van der Waals surface area (Å²) in [6, 6.07) is 0. The number of methoxy groups -OCH3 is 2. The topological polar surface area (TPSA) is 47.9 Å². The monoisotopic (exact) mass is 232 g/mol. The first-order valence-electron chi connectivity index (χ1n) is 6.11. The van der Waals surface area contributed by atoms with Crippen LogP contribution in [-0.2, 0) is 14.2 Å². The van der Waals surface area contributed by atoms with Gasteiger partial charge in [-0.1, -0.05) is 6.42 Å². The van der Waals surface area contributed by atoms with Gasteiger partial charge >= 0.3 is 0 Å². The van der Waals surface area contributed by atoms with E-state index in [9.17, 15) is 0 Å². The van der Waals surface area contributed by atoms with Gasteiger partial charge < -0.3 is 19.3 Å². The fourth-order valence-electron chi connectivity index (χ4n) is 1.85. The van der Waals surface area contributed by atoms with Crippen molar-refractivity contribution in [2.75, 3.05) is 20.8 Å². The predicted molar refractivity (Wildman–Crippen MR) is 61.3 cm³/mol. The predicted octanol–water partition coefficient (Wildman–Crippen LogP) is 1.71. The highest BCUT2D eigenvalue weighted by Gasteiger charge is 2.27. The van der Waals surface area contributed by atoms with Crippen LogP contribution in [0.4, 0.5) is 0 Å². The number of unbranched alkanes of at least 4 members (excludes halogenated alkanes) is 2. The minimum absolute atomic E-state index is 0.0669. The number of hydrogen-bond acceptors (Lipinski definition) is 4. The highest BCUT2D eigenvalue weighted by molar-refractivity contribution is 4.78. The van der Waals surface area contributed by atoms with Crippen LogP contribution in [0.3, 0.4) is 0 Å². The Kier molecular flexibility index (Phi) is 6.96. The fourth-order valence-corrected chi connectivity index (χ4v) is 1.85.